The van der Waals surface area contributed by atoms with Crippen molar-refractivity contribution in [1.82, 2.24) is 19.6 Å². The minimum atomic E-state index is -4.59. The van der Waals surface area contributed by atoms with Crippen LogP contribution in [0.15, 0.2) is 59.6 Å². The first-order valence-electron chi connectivity index (χ1n) is 12.7. The third kappa shape index (κ3) is 7.92. The Labute approximate surface area is 240 Å². The van der Waals surface area contributed by atoms with Gasteiger partial charge in [-0.05, 0) is 61.5 Å². The topological polar surface area (TPSA) is 134 Å². The van der Waals surface area contributed by atoms with Crippen molar-refractivity contribution in [2.75, 3.05) is 49.5 Å². The molecule has 1 aliphatic heterocycles. The number of anilines is 2. The van der Waals surface area contributed by atoms with Crippen molar-refractivity contribution in [1.29, 1.82) is 0 Å². The fourth-order valence-electron chi connectivity index (χ4n) is 4.14. The molecule has 0 bridgehead atoms. The summed E-state index contributed by atoms with van der Waals surface area (Å²) in [6.07, 6.45) is -2.56. The highest BCUT2D eigenvalue weighted by Crippen LogP contribution is 2.33. The summed E-state index contributed by atoms with van der Waals surface area (Å²) in [6, 6.07) is 11.4. The number of hydrogen-bond acceptors (Lipinski definition) is 8. The number of benzene rings is 1. The van der Waals surface area contributed by atoms with Crippen LogP contribution in [-0.4, -0.2) is 67.9 Å². The van der Waals surface area contributed by atoms with Crippen LogP contribution in [0.4, 0.5) is 24.8 Å². The molecule has 1 fully saturated rings. The molecular weight excluding hydrogens is 583 g/mol. The Balaban J connectivity index is 1.34. The maximum atomic E-state index is 13.2. The van der Waals surface area contributed by atoms with Crippen molar-refractivity contribution < 1.29 is 26.4 Å². The smallest absolute Gasteiger partial charge is 0.354 e. The predicted octanol–water partition coefficient (Wildman–Crippen LogP) is 3.35. The quantitative estimate of drug-likeness (QED) is 0.235. The molecule has 0 unspecified atom stereocenters. The lowest BCUT2D eigenvalue weighted by molar-refractivity contribution is -0.137. The van der Waals surface area contributed by atoms with Gasteiger partial charge in [0.25, 0.3) is 5.91 Å². The summed E-state index contributed by atoms with van der Waals surface area (Å²) in [6.45, 7) is 2.36. The summed E-state index contributed by atoms with van der Waals surface area (Å²) < 4.78 is 67.0. The van der Waals surface area contributed by atoms with E-state index in [0.717, 1.165) is 36.9 Å². The van der Waals surface area contributed by atoms with Crippen LogP contribution in [0.2, 0.25) is 5.15 Å². The lowest BCUT2D eigenvalue weighted by Gasteiger charge is -2.34. The first-order valence-corrected chi connectivity index (χ1v) is 14.6. The van der Waals surface area contributed by atoms with Gasteiger partial charge in [-0.2, -0.15) is 17.5 Å². The Bertz CT molecular complexity index is 1450. The van der Waals surface area contributed by atoms with Gasteiger partial charge in [0.1, 0.15) is 21.7 Å². The van der Waals surface area contributed by atoms with Crippen molar-refractivity contribution in [3.05, 3.63) is 76.6 Å². The number of hydrogen-bond donors (Lipinski definition) is 3. The number of carbonyl (C=O) groups excluding carboxylic acids is 1. The molecule has 220 valence electrons. The minimum absolute atomic E-state index is 0.0227. The van der Waals surface area contributed by atoms with Crippen LogP contribution in [0, 0.1) is 0 Å². The van der Waals surface area contributed by atoms with E-state index < -0.39 is 27.7 Å². The summed E-state index contributed by atoms with van der Waals surface area (Å²) in [7, 11) is -3.93. The standard InChI is InChI=1S/C26H29ClF3N7O3S/c27-22-14-20(26(28,29)30)15-24(34-22)36-10-12-37(13-11-36)41(39,40)21-6-7-23(33-17-21)35-25(38)19-4-2-18(3-5-19)16-32-9-1-8-31/h2-7,14-15,17,32H,1,8-13,16,31H2,(H,33,35,38). The van der Waals surface area contributed by atoms with Gasteiger partial charge in [-0.15, -0.1) is 0 Å². The molecule has 0 atom stereocenters. The number of carbonyl (C=O) groups is 1. The number of halogens is 4. The number of amides is 1. The first kappa shape index (κ1) is 30.7. The first-order chi connectivity index (χ1) is 19.5. The Morgan fingerprint density at radius 2 is 1.76 bits per heavy atom. The average molecular weight is 612 g/mol. The van der Waals surface area contributed by atoms with Gasteiger partial charge in [-0.25, -0.2) is 18.4 Å². The summed E-state index contributed by atoms with van der Waals surface area (Å²) >= 11 is 5.78. The second kappa shape index (κ2) is 13.1. The molecule has 1 saturated heterocycles. The maximum Gasteiger partial charge on any atom is 0.416 e. The van der Waals surface area contributed by atoms with Gasteiger partial charge >= 0.3 is 6.18 Å². The van der Waals surface area contributed by atoms with Crippen LogP contribution in [0.5, 0.6) is 0 Å². The van der Waals surface area contributed by atoms with E-state index in [0.29, 0.717) is 18.7 Å². The lowest BCUT2D eigenvalue weighted by Crippen LogP contribution is -2.49. The van der Waals surface area contributed by atoms with E-state index in [2.05, 4.69) is 20.6 Å². The highest BCUT2D eigenvalue weighted by atomic mass is 35.5. The Kier molecular flexibility index (Phi) is 9.81. The Morgan fingerprint density at radius 3 is 2.37 bits per heavy atom. The number of pyridine rings is 2. The zero-order chi connectivity index (χ0) is 29.6. The van der Waals surface area contributed by atoms with Crippen LogP contribution < -0.4 is 21.3 Å². The number of sulfonamides is 1. The molecule has 2 aromatic heterocycles. The van der Waals surface area contributed by atoms with E-state index in [-0.39, 0.29) is 47.9 Å². The van der Waals surface area contributed by atoms with E-state index in [1.165, 1.54) is 16.4 Å². The molecule has 41 heavy (non-hydrogen) atoms. The average Bonchev–Trinajstić information content (AvgIpc) is 2.95. The molecule has 10 nitrogen and oxygen atoms in total. The molecular formula is C26H29ClF3N7O3S. The van der Waals surface area contributed by atoms with Crippen molar-refractivity contribution >= 4 is 39.2 Å². The van der Waals surface area contributed by atoms with Crippen molar-refractivity contribution in [3.63, 3.8) is 0 Å². The van der Waals surface area contributed by atoms with Crippen LogP contribution in [0.3, 0.4) is 0 Å². The van der Waals surface area contributed by atoms with Gasteiger partial charge in [0.05, 0.1) is 5.56 Å². The predicted molar refractivity (Wildman–Crippen MR) is 149 cm³/mol. The van der Waals surface area contributed by atoms with Gasteiger partial charge < -0.3 is 21.3 Å². The molecule has 4 rings (SSSR count). The highest BCUT2D eigenvalue weighted by Gasteiger charge is 2.33. The SMILES string of the molecule is NCCCNCc1ccc(C(=O)Nc2ccc(S(=O)(=O)N3CCN(c4cc(C(F)(F)F)cc(Cl)n4)CC3)cn2)cc1. The van der Waals surface area contributed by atoms with E-state index in [1.54, 1.807) is 17.0 Å². The molecule has 15 heteroatoms. The van der Waals surface area contributed by atoms with Gasteiger partial charge in [0.15, 0.2) is 0 Å². The molecule has 3 aromatic rings. The molecule has 0 saturated carbocycles. The zero-order valence-electron chi connectivity index (χ0n) is 21.9. The molecule has 1 aromatic carbocycles. The summed E-state index contributed by atoms with van der Waals surface area (Å²) in [4.78, 5) is 22.1. The molecule has 1 amide bonds. The van der Waals surface area contributed by atoms with Crippen molar-refractivity contribution in [2.45, 2.75) is 24.0 Å². The van der Waals surface area contributed by atoms with Crippen LogP contribution in [-0.2, 0) is 22.7 Å². The minimum Gasteiger partial charge on any atom is -0.354 e. The van der Waals surface area contributed by atoms with Crippen LogP contribution in [0.25, 0.3) is 0 Å². The van der Waals surface area contributed by atoms with Gasteiger partial charge in [-0.1, -0.05) is 23.7 Å². The number of rotatable bonds is 10. The monoisotopic (exact) mass is 611 g/mol. The fourth-order valence-corrected chi connectivity index (χ4v) is 5.72. The second-order valence-corrected chi connectivity index (χ2v) is 11.6. The third-order valence-corrected chi connectivity index (χ3v) is 8.46. The van der Waals surface area contributed by atoms with E-state index >= 15 is 0 Å². The molecule has 0 radical (unpaired) electrons. The number of piperazine rings is 1. The summed E-state index contributed by atoms with van der Waals surface area (Å²) in [5.41, 5.74) is 5.98. The molecule has 1 aliphatic rings. The lowest BCUT2D eigenvalue weighted by atomic mass is 10.1. The maximum absolute atomic E-state index is 13.2. The van der Waals surface area contributed by atoms with Crippen molar-refractivity contribution in [3.8, 4) is 0 Å². The number of nitrogens with zero attached hydrogens (tertiary/aromatic N) is 4. The highest BCUT2D eigenvalue weighted by molar-refractivity contribution is 7.89. The number of nitrogens with one attached hydrogen (secondary N) is 2. The number of alkyl halides is 3. The van der Waals surface area contributed by atoms with E-state index in [9.17, 15) is 26.4 Å². The molecule has 0 aliphatic carbocycles. The number of aromatic nitrogens is 2. The van der Waals surface area contributed by atoms with E-state index in [1.807, 2.05) is 12.1 Å². The number of nitrogens with two attached hydrogens (primary N) is 1. The van der Waals surface area contributed by atoms with Gasteiger partial charge in [0.2, 0.25) is 10.0 Å². The van der Waals surface area contributed by atoms with E-state index in [4.69, 9.17) is 17.3 Å². The summed E-state index contributed by atoms with van der Waals surface area (Å²) in [5.74, 6) is -0.188. The molecule has 3 heterocycles. The summed E-state index contributed by atoms with van der Waals surface area (Å²) in [5, 5.41) is 5.61. The van der Waals surface area contributed by atoms with Crippen LogP contribution >= 0.6 is 11.6 Å². The van der Waals surface area contributed by atoms with Crippen molar-refractivity contribution in [2.24, 2.45) is 5.73 Å². The zero-order valence-corrected chi connectivity index (χ0v) is 23.4. The van der Waals surface area contributed by atoms with Crippen LogP contribution in [0.1, 0.15) is 27.9 Å². The Morgan fingerprint density at radius 1 is 1.05 bits per heavy atom. The van der Waals surface area contributed by atoms with Gasteiger partial charge in [-0.3, -0.25) is 4.79 Å². The molecule has 4 N–H and O–H groups in total. The van der Waals surface area contributed by atoms with Gasteiger partial charge in [0, 0.05) is 44.5 Å². The second-order valence-electron chi connectivity index (χ2n) is 9.27. The fraction of sp³-hybridized carbons (Fsp3) is 0.346. The largest absolute Gasteiger partial charge is 0.416 e. The molecule has 0 spiro atoms. The Hall–Kier alpha value is -3.30. The normalized spacial score (nSPS) is 14.7. The third-order valence-electron chi connectivity index (χ3n) is 6.39.